The van der Waals surface area contributed by atoms with Crippen LogP contribution in [-0.2, 0) is 12.7 Å². The maximum atomic E-state index is 13.8. The minimum absolute atomic E-state index is 0.129. The lowest BCUT2D eigenvalue weighted by atomic mass is 9.92. The second kappa shape index (κ2) is 8.64. The maximum Gasteiger partial charge on any atom is 0.416 e. The number of halogens is 4. The van der Waals surface area contributed by atoms with E-state index in [4.69, 9.17) is 4.74 Å². The van der Waals surface area contributed by atoms with Gasteiger partial charge in [0.1, 0.15) is 17.3 Å². The van der Waals surface area contributed by atoms with E-state index >= 15 is 0 Å². The van der Waals surface area contributed by atoms with Crippen LogP contribution in [0.15, 0.2) is 42.9 Å². The number of aryl methyl sites for hydroxylation is 2. The molecule has 35 heavy (non-hydrogen) atoms. The lowest BCUT2D eigenvalue weighted by Gasteiger charge is -2.16. The molecule has 0 bridgehead atoms. The van der Waals surface area contributed by atoms with Crippen molar-refractivity contribution in [2.45, 2.75) is 32.0 Å². The molecule has 180 valence electrons. The SMILES string of the molecule is COc1nc(/C=C/c2nc3n(n2)CC[C@H]3c2cc(F)ccc2C(F)(F)F)ccc1-n1cnc(C)c1. The molecule has 11 heteroatoms. The van der Waals surface area contributed by atoms with Gasteiger partial charge in [0.2, 0.25) is 5.88 Å². The highest BCUT2D eigenvalue weighted by molar-refractivity contribution is 5.65. The number of hydrogen-bond acceptors (Lipinski definition) is 5. The Bertz CT molecular complexity index is 1420. The molecule has 0 fully saturated rings. The number of hydrogen-bond donors (Lipinski definition) is 0. The van der Waals surface area contributed by atoms with E-state index in [1.165, 1.54) is 7.11 Å². The summed E-state index contributed by atoms with van der Waals surface area (Å²) in [6, 6.07) is 6.16. The number of fused-ring (bicyclic) bond motifs is 1. The van der Waals surface area contributed by atoms with Crippen LogP contribution in [0.1, 0.15) is 46.5 Å². The first-order valence-corrected chi connectivity index (χ1v) is 10.8. The van der Waals surface area contributed by atoms with E-state index in [1.54, 1.807) is 33.8 Å². The number of alkyl halides is 3. The first-order chi connectivity index (χ1) is 16.7. The van der Waals surface area contributed by atoms with Crippen molar-refractivity contribution in [3.8, 4) is 11.6 Å². The molecule has 1 aliphatic heterocycles. The molecule has 1 aromatic carbocycles. The van der Waals surface area contributed by atoms with Crippen molar-refractivity contribution >= 4 is 12.2 Å². The summed E-state index contributed by atoms with van der Waals surface area (Å²) in [7, 11) is 1.52. The average molecular weight is 484 g/mol. The molecule has 7 nitrogen and oxygen atoms in total. The standard InChI is InChI=1S/C24H20F4N6O/c1-14-12-33(13-29-14)20-7-4-16(30-23(20)35-2)5-8-21-31-22-17(9-10-34(22)32-21)18-11-15(25)3-6-19(18)24(26,27)28/h3-8,11-13,17H,9-10H2,1-2H3/b8-5+/t17-/m0/s1. The van der Waals surface area contributed by atoms with Crippen molar-refractivity contribution < 1.29 is 22.3 Å². The molecule has 4 aromatic rings. The smallest absolute Gasteiger partial charge is 0.416 e. The molecule has 0 N–H and O–H groups in total. The average Bonchev–Trinajstić information content (AvgIpc) is 3.52. The number of rotatable bonds is 5. The fourth-order valence-electron chi connectivity index (χ4n) is 4.22. The number of imidazole rings is 1. The van der Waals surface area contributed by atoms with E-state index in [9.17, 15) is 17.6 Å². The number of pyridine rings is 1. The molecule has 0 unspecified atom stereocenters. The molecule has 0 saturated heterocycles. The molecule has 0 radical (unpaired) electrons. The molecule has 4 heterocycles. The van der Waals surface area contributed by atoms with Crippen LogP contribution in [0, 0.1) is 12.7 Å². The lowest BCUT2D eigenvalue weighted by Crippen LogP contribution is -2.12. The molecule has 0 amide bonds. The number of benzene rings is 1. The van der Waals surface area contributed by atoms with Crippen LogP contribution in [0.5, 0.6) is 5.88 Å². The Morgan fingerprint density at radius 2 is 1.94 bits per heavy atom. The Morgan fingerprint density at radius 3 is 2.66 bits per heavy atom. The Morgan fingerprint density at radius 1 is 1.11 bits per heavy atom. The second-order valence-electron chi connectivity index (χ2n) is 8.14. The summed E-state index contributed by atoms with van der Waals surface area (Å²) < 4.78 is 63.2. The first kappa shape index (κ1) is 22.8. The Kier molecular flexibility index (Phi) is 5.62. The van der Waals surface area contributed by atoms with E-state index in [0.717, 1.165) is 29.6 Å². The third-order valence-corrected chi connectivity index (χ3v) is 5.80. The zero-order valence-electron chi connectivity index (χ0n) is 18.8. The Hall–Kier alpha value is -4.02. The Labute approximate surface area is 197 Å². The molecule has 3 aromatic heterocycles. The minimum atomic E-state index is -4.59. The molecular formula is C24H20F4N6O. The van der Waals surface area contributed by atoms with Crippen LogP contribution in [0.3, 0.4) is 0 Å². The van der Waals surface area contributed by atoms with Gasteiger partial charge in [0.05, 0.1) is 30.4 Å². The fourth-order valence-corrected chi connectivity index (χ4v) is 4.22. The van der Waals surface area contributed by atoms with E-state index in [0.29, 0.717) is 36.2 Å². The highest BCUT2D eigenvalue weighted by Gasteiger charge is 2.38. The van der Waals surface area contributed by atoms with Crippen LogP contribution in [0.2, 0.25) is 0 Å². The second-order valence-corrected chi connectivity index (χ2v) is 8.14. The van der Waals surface area contributed by atoms with Gasteiger partial charge in [-0.1, -0.05) is 0 Å². The molecule has 0 aliphatic carbocycles. The molecule has 0 spiro atoms. The highest BCUT2D eigenvalue weighted by atomic mass is 19.4. The van der Waals surface area contributed by atoms with Crippen LogP contribution >= 0.6 is 0 Å². The van der Waals surface area contributed by atoms with Crippen molar-refractivity contribution in [3.63, 3.8) is 0 Å². The van der Waals surface area contributed by atoms with Crippen molar-refractivity contribution in [1.29, 1.82) is 0 Å². The van der Waals surface area contributed by atoms with Gasteiger partial charge in [0.25, 0.3) is 0 Å². The summed E-state index contributed by atoms with van der Waals surface area (Å²) in [6.45, 7) is 2.27. The van der Waals surface area contributed by atoms with E-state index < -0.39 is 23.5 Å². The van der Waals surface area contributed by atoms with Gasteiger partial charge in [0.15, 0.2) is 5.82 Å². The van der Waals surface area contributed by atoms with Crippen LogP contribution in [0.4, 0.5) is 17.6 Å². The summed E-state index contributed by atoms with van der Waals surface area (Å²) in [6.07, 6.45) is 2.60. The molecular weight excluding hydrogens is 464 g/mol. The van der Waals surface area contributed by atoms with Gasteiger partial charge in [-0.15, -0.1) is 0 Å². The van der Waals surface area contributed by atoms with Crippen molar-refractivity contribution in [2.75, 3.05) is 7.11 Å². The highest BCUT2D eigenvalue weighted by Crippen LogP contribution is 2.41. The van der Waals surface area contributed by atoms with Gasteiger partial charge >= 0.3 is 6.18 Å². The molecule has 1 aliphatic rings. The third kappa shape index (κ3) is 4.41. The van der Waals surface area contributed by atoms with Gasteiger partial charge in [-0.05, 0) is 61.4 Å². The van der Waals surface area contributed by atoms with Gasteiger partial charge in [0, 0.05) is 18.7 Å². The number of nitrogens with zero attached hydrogens (tertiary/aromatic N) is 6. The third-order valence-electron chi connectivity index (χ3n) is 5.80. The maximum absolute atomic E-state index is 13.8. The lowest BCUT2D eigenvalue weighted by molar-refractivity contribution is -0.138. The zero-order chi connectivity index (χ0) is 24.7. The Balaban J connectivity index is 1.42. The molecule has 0 saturated carbocycles. The van der Waals surface area contributed by atoms with Crippen molar-refractivity contribution in [3.05, 3.63) is 82.8 Å². The van der Waals surface area contributed by atoms with E-state index in [-0.39, 0.29) is 5.56 Å². The van der Waals surface area contributed by atoms with Crippen molar-refractivity contribution in [2.24, 2.45) is 0 Å². The van der Waals surface area contributed by atoms with Gasteiger partial charge in [-0.3, -0.25) is 0 Å². The molecule has 1 atom stereocenters. The summed E-state index contributed by atoms with van der Waals surface area (Å²) >= 11 is 0. The number of methoxy groups -OCH3 is 1. The van der Waals surface area contributed by atoms with Gasteiger partial charge < -0.3 is 9.30 Å². The number of ether oxygens (including phenoxy) is 1. The largest absolute Gasteiger partial charge is 0.479 e. The quantitative estimate of drug-likeness (QED) is 0.371. The number of aromatic nitrogens is 6. The topological polar surface area (TPSA) is 70.7 Å². The van der Waals surface area contributed by atoms with Crippen LogP contribution in [-0.4, -0.2) is 36.4 Å². The zero-order valence-corrected chi connectivity index (χ0v) is 18.8. The normalized spacial score (nSPS) is 15.7. The van der Waals surface area contributed by atoms with E-state index in [2.05, 4.69) is 20.1 Å². The monoisotopic (exact) mass is 484 g/mol. The summed E-state index contributed by atoms with van der Waals surface area (Å²) in [4.78, 5) is 13.1. The predicted molar refractivity (Wildman–Crippen MR) is 119 cm³/mol. The first-order valence-electron chi connectivity index (χ1n) is 10.8. The predicted octanol–water partition coefficient (Wildman–Crippen LogP) is 5.04. The fraction of sp³-hybridized carbons (Fsp3) is 0.250. The van der Waals surface area contributed by atoms with Crippen LogP contribution in [0.25, 0.3) is 17.8 Å². The van der Waals surface area contributed by atoms with Gasteiger partial charge in [-0.2, -0.15) is 18.3 Å². The molecule has 5 rings (SSSR count). The summed E-state index contributed by atoms with van der Waals surface area (Å²) in [5.41, 5.74) is 1.17. The van der Waals surface area contributed by atoms with Gasteiger partial charge in [-0.25, -0.2) is 24.0 Å². The summed E-state index contributed by atoms with van der Waals surface area (Å²) in [5.74, 6) is -0.328. The van der Waals surface area contributed by atoms with Crippen molar-refractivity contribution in [1.82, 2.24) is 29.3 Å². The minimum Gasteiger partial charge on any atom is -0.479 e. The van der Waals surface area contributed by atoms with E-state index in [1.807, 2.05) is 19.2 Å². The van der Waals surface area contributed by atoms with Crippen LogP contribution < -0.4 is 4.74 Å². The summed E-state index contributed by atoms with van der Waals surface area (Å²) in [5, 5.41) is 4.38.